The van der Waals surface area contributed by atoms with Crippen molar-refractivity contribution >= 4 is 11.9 Å². The normalized spacial score (nSPS) is 20.8. The Kier molecular flexibility index (Phi) is 2.30. The molecule has 0 aliphatic carbocycles. The van der Waals surface area contributed by atoms with Crippen LogP contribution in [0.1, 0.15) is 12.8 Å². The van der Waals surface area contributed by atoms with Gasteiger partial charge in [-0.1, -0.05) is 0 Å². The summed E-state index contributed by atoms with van der Waals surface area (Å²) >= 11 is 0. The molecule has 0 atom stereocenters. The molecule has 0 aromatic rings. The second kappa shape index (κ2) is 3.23. The minimum absolute atomic E-state index is 0.613. The zero-order chi connectivity index (χ0) is 8.27. The van der Waals surface area contributed by atoms with Gasteiger partial charge in [0, 0.05) is 20.0 Å². The van der Waals surface area contributed by atoms with E-state index in [0.717, 1.165) is 25.2 Å². The van der Waals surface area contributed by atoms with Crippen molar-refractivity contribution in [2.75, 3.05) is 13.6 Å². The predicted octanol–water partition coefficient (Wildman–Crippen LogP) is -0.306. The monoisotopic (exact) mass is 156 g/mol. The molecule has 0 saturated carbocycles. The van der Waals surface area contributed by atoms with Gasteiger partial charge >= 0.3 is 6.03 Å². The first-order chi connectivity index (χ1) is 5.20. The van der Waals surface area contributed by atoms with Crippen LogP contribution in [0.15, 0.2) is 5.10 Å². The number of hydrogen-bond acceptors (Lipinski definition) is 2. The summed E-state index contributed by atoms with van der Waals surface area (Å²) in [5.74, 6) is 0.892. The third kappa shape index (κ3) is 2.10. The van der Waals surface area contributed by atoms with Gasteiger partial charge in [-0.05, 0) is 6.42 Å². The van der Waals surface area contributed by atoms with Crippen LogP contribution in [-0.2, 0) is 0 Å². The first-order valence-electron chi connectivity index (χ1n) is 3.53. The lowest BCUT2D eigenvalue weighted by Crippen LogP contribution is -2.28. The predicted molar refractivity (Wildman–Crippen MR) is 42.0 cm³/mol. The van der Waals surface area contributed by atoms with E-state index in [9.17, 15) is 4.79 Å². The summed E-state index contributed by atoms with van der Waals surface area (Å²) in [6.07, 6.45) is 2.01. The van der Waals surface area contributed by atoms with E-state index in [4.69, 9.17) is 5.73 Å². The highest BCUT2D eigenvalue weighted by molar-refractivity contribution is 5.85. The molecule has 0 bridgehead atoms. The molecule has 5 heteroatoms. The number of likely N-dealkylation sites (tertiary alicyclic amines) is 1. The molecule has 5 nitrogen and oxygen atoms in total. The van der Waals surface area contributed by atoms with Gasteiger partial charge in [-0.25, -0.2) is 10.2 Å². The summed E-state index contributed by atoms with van der Waals surface area (Å²) in [5.41, 5.74) is 7.04. The number of hydrazone groups is 1. The number of amides is 2. The number of nitrogens with two attached hydrogens (primary N) is 1. The molecule has 1 rings (SSSR count). The molecule has 0 aromatic carbocycles. The van der Waals surface area contributed by atoms with Gasteiger partial charge in [-0.15, -0.1) is 0 Å². The average Bonchev–Trinajstić information content (AvgIpc) is 2.31. The Balaban J connectivity index is 2.45. The maximum absolute atomic E-state index is 10.2. The van der Waals surface area contributed by atoms with Crippen LogP contribution in [0.4, 0.5) is 4.79 Å². The third-order valence-corrected chi connectivity index (χ3v) is 1.63. The third-order valence-electron chi connectivity index (χ3n) is 1.63. The standard InChI is InChI=1S/C6H12N4O/c1-10-4-2-3-5(10)8-9-6(7)11/h2-4H2,1H3,(H3,7,9,11)/b8-5+. The van der Waals surface area contributed by atoms with Crippen molar-refractivity contribution in [3.05, 3.63) is 0 Å². The smallest absolute Gasteiger partial charge is 0.332 e. The van der Waals surface area contributed by atoms with Gasteiger partial charge in [0.1, 0.15) is 5.84 Å². The van der Waals surface area contributed by atoms with E-state index in [0.29, 0.717) is 0 Å². The Bertz CT molecular complexity index is 189. The Labute approximate surface area is 65.2 Å². The maximum atomic E-state index is 10.2. The topological polar surface area (TPSA) is 70.7 Å². The number of rotatable bonds is 1. The Morgan fingerprint density at radius 2 is 2.55 bits per heavy atom. The van der Waals surface area contributed by atoms with Gasteiger partial charge in [-0.2, -0.15) is 5.10 Å². The molecule has 2 amide bonds. The van der Waals surface area contributed by atoms with Crippen LogP contribution in [0.2, 0.25) is 0 Å². The van der Waals surface area contributed by atoms with Crippen LogP contribution in [0, 0.1) is 0 Å². The second-order valence-corrected chi connectivity index (χ2v) is 2.53. The number of nitrogens with zero attached hydrogens (tertiary/aromatic N) is 2. The number of carbonyl (C=O) groups excluding carboxylic acids is 1. The quantitative estimate of drug-likeness (QED) is 0.511. The molecule has 1 saturated heterocycles. The van der Waals surface area contributed by atoms with Crippen molar-refractivity contribution in [2.24, 2.45) is 10.8 Å². The largest absolute Gasteiger partial charge is 0.362 e. The number of primary amides is 1. The number of amidine groups is 1. The first-order valence-corrected chi connectivity index (χ1v) is 3.53. The highest BCUT2D eigenvalue weighted by atomic mass is 16.2. The Hall–Kier alpha value is -1.26. The molecule has 1 aliphatic rings. The van der Waals surface area contributed by atoms with Crippen molar-refractivity contribution < 1.29 is 4.79 Å². The Morgan fingerprint density at radius 1 is 1.82 bits per heavy atom. The molecule has 0 radical (unpaired) electrons. The van der Waals surface area contributed by atoms with Crippen molar-refractivity contribution in [3.8, 4) is 0 Å². The van der Waals surface area contributed by atoms with Gasteiger partial charge in [0.15, 0.2) is 0 Å². The molecule has 1 fully saturated rings. The van der Waals surface area contributed by atoms with Crippen LogP contribution >= 0.6 is 0 Å². The first kappa shape index (κ1) is 7.84. The molecule has 0 aromatic heterocycles. The highest BCUT2D eigenvalue weighted by Gasteiger charge is 2.13. The summed E-state index contributed by atoms with van der Waals surface area (Å²) in [6.45, 7) is 0.999. The van der Waals surface area contributed by atoms with Crippen molar-refractivity contribution in [3.63, 3.8) is 0 Å². The second-order valence-electron chi connectivity index (χ2n) is 2.53. The fourth-order valence-corrected chi connectivity index (χ4v) is 1.06. The van der Waals surface area contributed by atoms with Gasteiger partial charge in [0.25, 0.3) is 0 Å². The number of carbonyl (C=O) groups is 1. The molecule has 1 aliphatic heterocycles. The lowest BCUT2D eigenvalue weighted by Gasteiger charge is -2.09. The summed E-state index contributed by atoms with van der Waals surface area (Å²) in [7, 11) is 1.94. The van der Waals surface area contributed by atoms with E-state index < -0.39 is 6.03 Å². The lowest BCUT2D eigenvalue weighted by atomic mass is 10.4. The number of nitrogens with one attached hydrogen (secondary N) is 1. The van der Waals surface area contributed by atoms with Gasteiger partial charge in [0.2, 0.25) is 0 Å². The summed E-state index contributed by atoms with van der Waals surface area (Å²) in [4.78, 5) is 12.2. The van der Waals surface area contributed by atoms with E-state index in [-0.39, 0.29) is 0 Å². The molecule has 62 valence electrons. The fraction of sp³-hybridized carbons (Fsp3) is 0.667. The van der Waals surface area contributed by atoms with Crippen LogP contribution in [0.25, 0.3) is 0 Å². The van der Waals surface area contributed by atoms with Crippen molar-refractivity contribution in [2.45, 2.75) is 12.8 Å². The zero-order valence-corrected chi connectivity index (χ0v) is 6.50. The number of urea groups is 1. The summed E-state index contributed by atoms with van der Waals surface area (Å²) in [5, 5.41) is 3.82. The van der Waals surface area contributed by atoms with E-state index in [2.05, 4.69) is 10.5 Å². The average molecular weight is 156 g/mol. The molecule has 0 unspecified atom stereocenters. The van der Waals surface area contributed by atoms with Gasteiger partial charge < -0.3 is 10.6 Å². The van der Waals surface area contributed by atoms with Crippen molar-refractivity contribution in [1.29, 1.82) is 0 Å². The van der Waals surface area contributed by atoms with Crippen LogP contribution in [0.3, 0.4) is 0 Å². The molecule has 11 heavy (non-hydrogen) atoms. The van der Waals surface area contributed by atoms with Crippen LogP contribution in [0.5, 0.6) is 0 Å². The van der Waals surface area contributed by atoms with Gasteiger partial charge in [-0.3, -0.25) is 0 Å². The Morgan fingerprint density at radius 3 is 3.00 bits per heavy atom. The lowest BCUT2D eigenvalue weighted by molar-refractivity contribution is 0.249. The minimum atomic E-state index is -0.613. The SMILES string of the molecule is CN1CCC/C1=N\NC(N)=O. The zero-order valence-electron chi connectivity index (χ0n) is 6.50. The van der Waals surface area contributed by atoms with E-state index in [1.165, 1.54) is 0 Å². The molecule has 3 N–H and O–H groups in total. The summed E-state index contributed by atoms with van der Waals surface area (Å²) < 4.78 is 0. The molecular weight excluding hydrogens is 144 g/mol. The van der Waals surface area contributed by atoms with E-state index in [1.54, 1.807) is 0 Å². The maximum Gasteiger partial charge on any atom is 0.332 e. The van der Waals surface area contributed by atoms with Crippen LogP contribution in [-0.4, -0.2) is 30.4 Å². The molecule has 0 spiro atoms. The molecule has 1 heterocycles. The minimum Gasteiger partial charge on any atom is -0.362 e. The van der Waals surface area contributed by atoms with Crippen LogP contribution < -0.4 is 11.2 Å². The number of hydrogen-bond donors (Lipinski definition) is 2. The van der Waals surface area contributed by atoms with Crippen molar-refractivity contribution in [1.82, 2.24) is 10.3 Å². The highest BCUT2D eigenvalue weighted by Crippen LogP contribution is 2.07. The van der Waals surface area contributed by atoms with Gasteiger partial charge in [0.05, 0.1) is 0 Å². The van der Waals surface area contributed by atoms with E-state index in [1.807, 2.05) is 11.9 Å². The van der Waals surface area contributed by atoms with E-state index >= 15 is 0 Å². The fourth-order valence-electron chi connectivity index (χ4n) is 1.06. The summed E-state index contributed by atoms with van der Waals surface area (Å²) in [6, 6.07) is -0.613. The molecular formula is C6H12N4O.